The maximum absolute atomic E-state index is 12.1. The van der Waals surface area contributed by atoms with Gasteiger partial charge in [0.15, 0.2) is 0 Å². The van der Waals surface area contributed by atoms with Gasteiger partial charge in [0.05, 0.1) is 6.07 Å². The molecular formula is C16H23N3O. The number of carbonyl (C=O) groups excluding carboxylic acids is 1. The van der Waals surface area contributed by atoms with Crippen molar-refractivity contribution >= 4 is 5.91 Å². The molecule has 1 aromatic carbocycles. The Balaban J connectivity index is 2.49. The fourth-order valence-electron chi connectivity index (χ4n) is 1.91. The molecular weight excluding hydrogens is 250 g/mol. The maximum atomic E-state index is 12.1. The molecule has 4 nitrogen and oxygen atoms in total. The molecule has 2 unspecified atom stereocenters. The van der Waals surface area contributed by atoms with E-state index in [-0.39, 0.29) is 11.9 Å². The minimum atomic E-state index is -0.626. The molecule has 0 aromatic heterocycles. The van der Waals surface area contributed by atoms with Crippen LogP contribution in [0.4, 0.5) is 0 Å². The van der Waals surface area contributed by atoms with E-state index in [1.54, 1.807) is 0 Å². The fraction of sp³-hybridized carbons (Fsp3) is 0.500. The van der Waals surface area contributed by atoms with Gasteiger partial charge in [-0.2, -0.15) is 5.26 Å². The molecule has 0 saturated heterocycles. The lowest BCUT2D eigenvalue weighted by atomic mass is 9.99. The summed E-state index contributed by atoms with van der Waals surface area (Å²) < 4.78 is 0. The Morgan fingerprint density at radius 1 is 1.35 bits per heavy atom. The average molecular weight is 273 g/mol. The van der Waals surface area contributed by atoms with E-state index in [1.165, 1.54) is 0 Å². The molecule has 20 heavy (non-hydrogen) atoms. The lowest BCUT2D eigenvalue weighted by molar-refractivity contribution is -0.124. The third kappa shape index (κ3) is 5.85. The predicted octanol–water partition coefficient (Wildman–Crippen LogP) is 1.83. The molecule has 1 rings (SSSR count). The van der Waals surface area contributed by atoms with Crippen LogP contribution in [0.15, 0.2) is 30.3 Å². The third-order valence-corrected chi connectivity index (χ3v) is 3.15. The molecule has 0 radical (unpaired) electrons. The second-order valence-electron chi connectivity index (χ2n) is 5.37. The molecule has 1 aromatic rings. The highest BCUT2D eigenvalue weighted by Gasteiger charge is 2.19. The zero-order valence-electron chi connectivity index (χ0n) is 12.5. The molecule has 1 N–H and O–H groups in total. The Morgan fingerprint density at radius 2 is 2.00 bits per heavy atom. The molecule has 0 heterocycles. The number of benzene rings is 1. The second kappa shape index (κ2) is 8.34. The van der Waals surface area contributed by atoms with Gasteiger partial charge in [-0.3, -0.25) is 4.79 Å². The van der Waals surface area contributed by atoms with Gasteiger partial charge in [0.1, 0.15) is 5.92 Å². The minimum absolute atomic E-state index is 0.0801. The predicted molar refractivity (Wildman–Crippen MR) is 80.0 cm³/mol. The van der Waals surface area contributed by atoms with E-state index in [9.17, 15) is 4.79 Å². The van der Waals surface area contributed by atoms with Crippen molar-refractivity contribution in [3.8, 4) is 6.07 Å². The Labute approximate surface area is 121 Å². The van der Waals surface area contributed by atoms with Crippen LogP contribution in [0.3, 0.4) is 0 Å². The first kappa shape index (κ1) is 16.2. The highest BCUT2D eigenvalue weighted by molar-refractivity contribution is 5.81. The SMILES string of the molecule is CC(CCN(C)C)NC(=O)C(C#N)Cc1ccccc1. The smallest absolute Gasteiger partial charge is 0.237 e. The quantitative estimate of drug-likeness (QED) is 0.824. The first-order valence-corrected chi connectivity index (χ1v) is 6.91. The third-order valence-electron chi connectivity index (χ3n) is 3.15. The van der Waals surface area contributed by atoms with Crippen molar-refractivity contribution in [3.05, 3.63) is 35.9 Å². The highest BCUT2D eigenvalue weighted by atomic mass is 16.1. The van der Waals surface area contributed by atoms with E-state index < -0.39 is 5.92 Å². The number of rotatable bonds is 7. The number of hydrogen-bond donors (Lipinski definition) is 1. The zero-order chi connectivity index (χ0) is 15.0. The van der Waals surface area contributed by atoms with Crippen LogP contribution in [0.1, 0.15) is 18.9 Å². The first-order valence-electron chi connectivity index (χ1n) is 6.91. The standard InChI is InChI=1S/C16H23N3O/c1-13(9-10-19(2)3)18-16(20)15(12-17)11-14-7-5-4-6-8-14/h4-8,13,15H,9-11H2,1-3H3,(H,18,20). The first-order chi connectivity index (χ1) is 9.52. The van der Waals surface area contributed by atoms with E-state index >= 15 is 0 Å². The molecule has 0 bridgehead atoms. The highest BCUT2D eigenvalue weighted by Crippen LogP contribution is 2.09. The summed E-state index contributed by atoms with van der Waals surface area (Å²) in [7, 11) is 4.00. The molecule has 0 aliphatic carbocycles. The van der Waals surface area contributed by atoms with Crippen LogP contribution in [0.2, 0.25) is 0 Å². The van der Waals surface area contributed by atoms with Gasteiger partial charge in [0.25, 0.3) is 0 Å². The molecule has 0 aliphatic rings. The summed E-state index contributed by atoms with van der Waals surface area (Å²) in [5.74, 6) is -0.804. The van der Waals surface area contributed by atoms with Gasteiger partial charge in [-0.25, -0.2) is 0 Å². The molecule has 1 amide bonds. The Morgan fingerprint density at radius 3 is 2.55 bits per heavy atom. The fourth-order valence-corrected chi connectivity index (χ4v) is 1.91. The van der Waals surface area contributed by atoms with Gasteiger partial charge in [-0.05, 0) is 46.0 Å². The monoisotopic (exact) mass is 273 g/mol. The van der Waals surface area contributed by atoms with Gasteiger partial charge >= 0.3 is 0 Å². The second-order valence-corrected chi connectivity index (χ2v) is 5.37. The number of nitrogens with zero attached hydrogens (tertiary/aromatic N) is 2. The number of nitriles is 1. The van der Waals surface area contributed by atoms with Crippen molar-refractivity contribution < 1.29 is 4.79 Å². The lowest BCUT2D eigenvalue weighted by Gasteiger charge is -2.18. The van der Waals surface area contributed by atoms with Crippen molar-refractivity contribution in [3.63, 3.8) is 0 Å². The molecule has 0 fully saturated rings. The summed E-state index contributed by atoms with van der Waals surface area (Å²) in [5, 5.41) is 12.1. The van der Waals surface area contributed by atoms with E-state index in [2.05, 4.69) is 16.3 Å². The summed E-state index contributed by atoms with van der Waals surface area (Å²) in [5.41, 5.74) is 1.01. The number of nitrogens with one attached hydrogen (secondary N) is 1. The van der Waals surface area contributed by atoms with Crippen molar-refractivity contribution in [1.29, 1.82) is 5.26 Å². The number of carbonyl (C=O) groups is 1. The van der Waals surface area contributed by atoms with Gasteiger partial charge in [-0.15, -0.1) is 0 Å². The normalized spacial score (nSPS) is 13.6. The van der Waals surface area contributed by atoms with Crippen LogP contribution >= 0.6 is 0 Å². The lowest BCUT2D eigenvalue weighted by Crippen LogP contribution is -2.39. The molecule has 2 atom stereocenters. The molecule has 0 saturated carbocycles. The zero-order valence-corrected chi connectivity index (χ0v) is 12.5. The molecule has 108 valence electrons. The van der Waals surface area contributed by atoms with Crippen LogP contribution < -0.4 is 5.32 Å². The summed E-state index contributed by atoms with van der Waals surface area (Å²) in [6.45, 7) is 2.88. The van der Waals surface area contributed by atoms with Crippen LogP contribution in [-0.4, -0.2) is 37.5 Å². The Hall–Kier alpha value is -1.86. The van der Waals surface area contributed by atoms with Gasteiger partial charge in [0.2, 0.25) is 5.91 Å². The van der Waals surface area contributed by atoms with Gasteiger partial charge in [0, 0.05) is 6.04 Å². The summed E-state index contributed by atoms with van der Waals surface area (Å²) in [6.07, 6.45) is 1.34. The van der Waals surface area contributed by atoms with E-state index in [0.717, 1.165) is 18.5 Å². The largest absolute Gasteiger partial charge is 0.352 e. The van der Waals surface area contributed by atoms with Crippen LogP contribution in [0.25, 0.3) is 0 Å². The van der Waals surface area contributed by atoms with Gasteiger partial charge < -0.3 is 10.2 Å². The average Bonchev–Trinajstić information content (AvgIpc) is 2.43. The van der Waals surface area contributed by atoms with Gasteiger partial charge in [-0.1, -0.05) is 30.3 Å². The van der Waals surface area contributed by atoms with Crippen LogP contribution in [0, 0.1) is 17.2 Å². The van der Waals surface area contributed by atoms with E-state index in [4.69, 9.17) is 5.26 Å². The van der Waals surface area contributed by atoms with Crippen molar-refractivity contribution in [2.75, 3.05) is 20.6 Å². The molecule has 0 aliphatic heterocycles. The topological polar surface area (TPSA) is 56.1 Å². The summed E-state index contributed by atoms with van der Waals surface area (Å²) >= 11 is 0. The summed E-state index contributed by atoms with van der Waals surface area (Å²) in [4.78, 5) is 14.2. The van der Waals surface area contributed by atoms with Crippen molar-refractivity contribution in [2.24, 2.45) is 5.92 Å². The Bertz CT molecular complexity index is 451. The maximum Gasteiger partial charge on any atom is 0.237 e. The number of hydrogen-bond acceptors (Lipinski definition) is 3. The van der Waals surface area contributed by atoms with Crippen LogP contribution in [0.5, 0.6) is 0 Å². The van der Waals surface area contributed by atoms with Crippen molar-refractivity contribution in [2.45, 2.75) is 25.8 Å². The molecule has 0 spiro atoms. The van der Waals surface area contributed by atoms with Crippen molar-refractivity contribution in [1.82, 2.24) is 10.2 Å². The van der Waals surface area contributed by atoms with Crippen LogP contribution in [-0.2, 0) is 11.2 Å². The Kier molecular flexibility index (Phi) is 6.75. The summed E-state index contributed by atoms with van der Waals surface area (Å²) in [6, 6.07) is 11.8. The minimum Gasteiger partial charge on any atom is -0.352 e. The molecule has 4 heteroatoms. The van der Waals surface area contributed by atoms with E-state index in [0.29, 0.717) is 6.42 Å². The van der Waals surface area contributed by atoms with E-state index in [1.807, 2.05) is 51.4 Å². The number of amides is 1.